The fraction of sp³-hybridized carbons (Fsp3) is 0.717. The Balaban J connectivity index is 4.42. The number of unbranched alkanes of at least 4 members (excludes halogenated alkanes) is 16. The minimum atomic E-state index is -0.789. The van der Waals surface area contributed by atoms with E-state index in [4.69, 9.17) is 14.2 Å². The normalized spacial score (nSPS) is 12.6. The molecule has 6 heteroatoms. The van der Waals surface area contributed by atoms with Crippen LogP contribution in [0.3, 0.4) is 0 Å². The highest BCUT2D eigenvalue weighted by atomic mass is 16.6. The Morgan fingerprint density at radius 2 is 0.750 bits per heavy atom. The average Bonchev–Trinajstić information content (AvgIpc) is 3.14. The van der Waals surface area contributed by atoms with Crippen molar-refractivity contribution in [3.05, 3.63) is 60.8 Å². The Kier molecular flexibility index (Phi) is 38.6. The van der Waals surface area contributed by atoms with Gasteiger partial charge in [-0.2, -0.15) is 0 Å². The van der Waals surface area contributed by atoms with Crippen LogP contribution in [0.4, 0.5) is 0 Å². The van der Waals surface area contributed by atoms with Crippen molar-refractivity contribution in [2.24, 2.45) is 0 Å². The number of carbonyl (C=O) groups excluding carboxylic acids is 3. The topological polar surface area (TPSA) is 78.9 Å². The first-order valence-electron chi connectivity index (χ1n) is 21.3. The van der Waals surface area contributed by atoms with Crippen LogP contribution >= 0.6 is 0 Å². The van der Waals surface area contributed by atoms with Crippen LogP contribution in [0.5, 0.6) is 0 Å². The zero-order valence-electron chi connectivity index (χ0n) is 33.8. The minimum absolute atomic E-state index is 0.0911. The van der Waals surface area contributed by atoms with Crippen LogP contribution in [0, 0.1) is 0 Å². The molecule has 0 aliphatic rings. The van der Waals surface area contributed by atoms with Gasteiger partial charge < -0.3 is 14.2 Å². The lowest BCUT2D eigenvalue weighted by molar-refractivity contribution is -0.167. The summed E-state index contributed by atoms with van der Waals surface area (Å²) in [6.45, 7) is 6.38. The molecule has 0 aromatic carbocycles. The molecule has 0 aromatic rings. The summed E-state index contributed by atoms with van der Waals surface area (Å²) >= 11 is 0. The van der Waals surface area contributed by atoms with E-state index in [1.807, 2.05) is 0 Å². The molecule has 0 amide bonds. The number of hydrogen-bond acceptors (Lipinski definition) is 6. The monoisotopic (exact) mass is 727 g/mol. The molecule has 0 aliphatic heterocycles. The molecule has 0 spiro atoms. The quantitative estimate of drug-likeness (QED) is 0.0274. The second-order valence-electron chi connectivity index (χ2n) is 13.9. The molecule has 0 saturated heterocycles. The SMILES string of the molecule is CC/C=C\C/C=C\C/C=C\C/C=C\CCCCC(=O)OCC(COC(=O)CCCCCCCCC)OC(=O)CCCCCCC/C=C\CCCCC. The van der Waals surface area contributed by atoms with Crippen molar-refractivity contribution in [1.82, 2.24) is 0 Å². The maximum atomic E-state index is 12.6. The Hall–Kier alpha value is -2.89. The summed E-state index contributed by atoms with van der Waals surface area (Å²) in [5, 5.41) is 0. The molecule has 1 atom stereocenters. The highest BCUT2D eigenvalue weighted by Crippen LogP contribution is 2.12. The summed E-state index contributed by atoms with van der Waals surface area (Å²) in [5.74, 6) is -0.957. The van der Waals surface area contributed by atoms with E-state index in [2.05, 4.69) is 81.5 Å². The fourth-order valence-corrected chi connectivity index (χ4v) is 5.54. The molecule has 6 nitrogen and oxygen atoms in total. The van der Waals surface area contributed by atoms with Crippen LogP contribution in [-0.4, -0.2) is 37.2 Å². The zero-order valence-corrected chi connectivity index (χ0v) is 33.8. The first kappa shape index (κ1) is 49.1. The van der Waals surface area contributed by atoms with E-state index in [9.17, 15) is 14.4 Å². The summed E-state index contributed by atoms with van der Waals surface area (Å²) in [6.07, 6.45) is 47.9. The molecule has 0 aliphatic carbocycles. The molecule has 0 radical (unpaired) electrons. The van der Waals surface area contributed by atoms with E-state index in [-0.39, 0.29) is 31.1 Å². The van der Waals surface area contributed by atoms with Crippen LogP contribution in [0.1, 0.15) is 194 Å². The smallest absolute Gasteiger partial charge is 0.306 e. The van der Waals surface area contributed by atoms with Gasteiger partial charge in [0, 0.05) is 19.3 Å². The Labute approximate surface area is 320 Å². The first-order chi connectivity index (χ1) is 25.5. The van der Waals surface area contributed by atoms with Gasteiger partial charge in [0.05, 0.1) is 0 Å². The lowest BCUT2D eigenvalue weighted by Crippen LogP contribution is -2.30. The molecule has 0 heterocycles. The molecule has 0 saturated carbocycles. The van der Waals surface area contributed by atoms with E-state index < -0.39 is 6.10 Å². The van der Waals surface area contributed by atoms with Gasteiger partial charge >= 0.3 is 17.9 Å². The van der Waals surface area contributed by atoms with Crippen molar-refractivity contribution in [2.45, 2.75) is 200 Å². The van der Waals surface area contributed by atoms with E-state index in [0.29, 0.717) is 19.3 Å². The lowest BCUT2D eigenvalue weighted by Gasteiger charge is -2.18. The molecule has 0 aromatic heterocycles. The number of hydrogen-bond donors (Lipinski definition) is 0. The fourth-order valence-electron chi connectivity index (χ4n) is 5.54. The van der Waals surface area contributed by atoms with Crippen LogP contribution in [0.25, 0.3) is 0 Å². The summed E-state index contributed by atoms with van der Waals surface area (Å²) in [5.41, 5.74) is 0. The third-order valence-electron chi connectivity index (χ3n) is 8.76. The first-order valence-corrected chi connectivity index (χ1v) is 21.3. The summed E-state index contributed by atoms with van der Waals surface area (Å²) < 4.78 is 16.6. The number of allylic oxidation sites excluding steroid dienone is 10. The van der Waals surface area contributed by atoms with E-state index >= 15 is 0 Å². The van der Waals surface area contributed by atoms with Gasteiger partial charge in [-0.1, -0.05) is 152 Å². The standard InChI is InChI=1S/C46H78O6/c1-4-7-10-13-16-18-20-22-23-24-26-27-30-33-36-39-45(48)51-42-43(41-50-44(47)38-35-32-29-15-12-9-6-3)52-46(49)40-37-34-31-28-25-21-19-17-14-11-8-5-2/h7,10,16-19,22-23,26-27,43H,4-6,8-9,11-15,20-21,24-25,28-42H2,1-3H3/b10-7-,18-16-,19-17-,23-22-,27-26-. The maximum absolute atomic E-state index is 12.6. The third-order valence-corrected chi connectivity index (χ3v) is 8.76. The second-order valence-corrected chi connectivity index (χ2v) is 13.9. The minimum Gasteiger partial charge on any atom is -0.462 e. The number of rotatable bonds is 37. The predicted molar refractivity (Wildman–Crippen MR) is 219 cm³/mol. The number of esters is 3. The van der Waals surface area contributed by atoms with Gasteiger partial charge in [-0.3, -0.25) is 14.4 Å². The average molecular weight is 727 g/mol. The molecule has 52 heavy (non-hydrogen) atoms. The van der Waals surface area contributed by atoms with Gasteiger partial charge in [0.25, 0.3) is 0 Å². The highest BCUT2D eigenvalue weighted by Gasteiger charge is 2.19. The van der Waals surface area contributed by atoms with Gasteiger partial charge in [0.1, 0.15) is 13.2 Å². The largest absolute Gasteiger partial charge is 0.462 e. The van der Waals surface area contributed by atoms with Gasteiger partial charge in [0.2, 0.25) is 0 Å². The Morgan fingerprint density at radius 1 is 0.404 bits per heavy atom. The van der Waals surface area contributed by atoms with Crippen molar-refractivity contribution in [3.63, 3.8) is 0 Å². The molecule has 1 unspecified atom stereocenters. The van der Waals surface area contributed by atoms with E-state index in [0.717, 1.165) is 96.3 Å². The van der Waals surface area contributed by atoms with Crippen molar-refractivity contribution >= 4 is 17.9 Å². The van der Waals surface area contributed by atoms with Crippen molar-refractivity contribution in [3.8, 4) is 0 Å². The summed E-state index contributed by atoms with van der Waals surface area (Å²) in [4.78, 5) is 37.5. The highest BCUT2D eigenvalue weighted by molar-refractivity contribution is 5.71. The van der Waals surface area contributed by atoms with E-state index in [1.165, 1.54) is 57.8 Å². The van der Waals surface area contributed by atoms with Crippen LogP contribution in [-0.2, 0) is 28.6 Å². The van der Waals surface area contributed by atoms with Gasteiger partial charge in [-0.15, -0.1) is 0 Å². The van der Waals surface area contributed by atoms with Crippen LogP contribution in [0.15, 0.2) is 60.8 Å². The molecule has 0 N–H and O–H groups in total. The Morgan fingerprint density at radius 3 is 1.27 bits per heavy atom. The number of carbonyl (C=O) groups is 3. The lowest BCUT2D eigenvalue weighted by atomic mass is 10.1. The molecule has 0 bridgehead atoms. The van der Waals surface area contributed by atoms with Gasteiger partial charge in [-0.05, 0) is 83.5 Å². The molecular formula is C46H78O6. The zero-order chi connectivity index (χ0) is 38.0. The van der Waals surface area contributed by atoms with Crippen LogP contribution in [0.2, 0.25) is 0 Å². The molecule has 0 rings (SSSR count). The van der Waals surface area contributed by atoms with Crippen LogP contribution < -0.4 is 0 Å². The second kappa shape index (κ2) is 40.9. The van der Waals surface area contributed by atoms with Gasteiger partial charge in [0.15, 0.2) is 6.10 Å². The van der Waals surface area contributed by atoms with Gasteiger partial charge in [-0.25, -0.2) is 0 Å². The molecule has 298 valence electrons. The Bertz CT molecular complexity index is 975. The summed E-state index contributed by atoms with van der Waals surface area (Å²) in [6, 6.07) is 0. The predicted octanol–water partition coefficient (Wildman–Crippen LogP) is 13.4. The van der Waals surface area contributed by atoms with Crippen molar-refractivity contribution in [1.29, 1.82) is 0 Å². The maximum Gasteiger partial charge on any atom is 0.306 e. The van der Waals surface area contributed by atoms with Crippen molar-refractivity contribution < 1.29 is 28.6 Å². The third kappa shape index (κ3) is 38.3. The number of ether oxygens (including phenoxy) is 3. The van der Waals surface area contributed by atoms with Crippen molar-refractivity contribution in [2.75, 3.05) is 13.2 Å². The molecular weight excluding hydrogens is 648 g/mol. The summed E-state index contributed by atoms with van der Waals surface area (Å²) in [7, 11) is 0. The van der Waals surface area contributed by atoms with E-state index in [1.54, 1.807) is 0 Å². The molecule has 0 fully saturated rings.